The van der Waals surface area contributed by atoms with Crippen molar-refractivity contribution >= 4 is 38.9 Å². The van der Waals surface area contributed by atoms with E-state index in [0.717, 1.165) is 17.1 Å². The molecule has 0 unspecified atom stereocenters. The Balaban J connectivity index is 1.04. The lowest BCUT2D eigenvalue weighted by Gasteiger charge is -2.35. The van der Waals surface area contributed by atoms with Gasteiger partial charge in [-0.25, -0.2) is 0 Å². The van der Waals surface area contributed by atoms with Crippen LogP contribution >= 0.6 is 0 Å². The van der Waals surface area contributed by atoms with E-state index < -0.39 is 5.41 Å². The molecule has 0 saturated heterocycles. The van der Waals surface area contributed by atoms with Crippen LogP contribution in [0.2, 0.25) is 0 Å². The maximum atomic E-state index is 2.55. The highest BCUT2D eigenvalue weighted by Gasteiger charge is 2.47. The van der Waals surface area contributed by atoms with Crippen LogP contribution in [0.1, 0.15) is 47.2 Å². The number of fused-ring (bicyclic) bond motifs is 9. The van der Waals surface area contributed by atoms with Gasteiger partial charge in [0.25, 0.3) is 0 Å². The zero-order chi connectivity index (χ0) is 44.0. The van der Waals surface area contributed by atoms with Gasteiger partial charge in [0.15, 0.2) is 0 Å². The predicted octanol–water partition coefficient (Wildman–Crippen LogP) is 16.6. The van der Waals surface area contributed by atoms with E-state index in [0.29, 0.717) is 0 Å². The van der Waals surface area contributed by atoms with Gasteiger partial charge in [-0.2, -0.15) is 0 Å². The minimum absolute atomic E-state index is 0.277. The maximum absolute atomic E-state index is 2.55. The van der Waals surface area contributed by atoms with Crippen molar-refractivity contribution in [3.63, 3.8) is 0 Å². The first kappa shape index (κ1) is 38.3. The van der Waals surface area contributed by atoms with Crippen molar-refractivity contribution in [2.24, 2.45) is 0 Å². The Labute approximate surface area is 386 Å². The largest absolute Gasteiger partial charge is 0.309 e. The summed E-state index contributed by atoms with van der Waals surface area (Å²) in [6.07, 6.45) is 0. The summed E-state index contributed by atoms with van der Waals surface area (Å²) in [5, 5.41) is 2.55. The summed E-state index contributed by atoms with van der Waals surface area (Å²) in [5.74, 6) is 0. The number of hydrogen-bond acceptors (Lipinski definition) is 1. The molecule has 2 heteroatoms. The molecule has 2 nitrogen and oxygen atoms in total. The molecule has 0 saturated carbocycles. The Morgan fingerprint density at radius 3 is 1.56 bits per heavy atom. The first-order valence-electron chi connectivity index (χ1n) is 23.1. The van der Waals surface area contributed by atoms with E-state index in [2.05, 4.69) is 266 Å². The van der Waals surface area contributed by atoms with Crippen LogP contribution in [-0.2, 0) is 10.8 Å². The normalized spacial score (nSPS) is 13.8. The van der Waals surface area contributed by atoms with E-state index in [1.165, 1.54) is 94.3 Å². The number of benzene rings is 10. The fourth-order valence-electron chi connectivity index (χ4n) is 11.8. The summed E-state index contributed by atoms with van der Waals surface area (Å²) in [6, 6.07) is 90.0. The van der Waals surface area contributed by atoms with E-state index in [4.69, 9.17) is 0 Å². The Hall–Kier alpha value is -8.20. The molecular formula is C64H46N2. The fourth-order valence-corrected chi connectivity index (χ4v) is 11.8. The third kappa shape index (κ3) is 5.42. The first-order chi connectivity index (χ1) is 32.5. The summed E-state index contributed by atoms with van der Waals surface area (Å²) >= 11 is 0. The molecule has 0 aliphatic heterocycles. The standard InChI is InChI=1S/C64H46N2/c1-63(2)56-41-46(65-59-34-18-14-28-51(59)52-29-15-19-35-60(52)65)37-39-49(56)50-40-38-47(42-57(50)63)66(58-33-17-13-27-48(58)43-21-6-3-7-22-43)61-36-20-32-55-62(61)53-30-12-16-31-54(53)64(55,44-23-8-4-9-24-44)45-25-10-5-11-26-45/h3-42H,1-2H3. The second-order valence-electron chi connectivity index (χ2n) is 18.4. The van der Waals surface area contributed by atoms with Gasteiger partial charge in [-0.3, -0.25) is 0 Å². The van der Waals surface area contributed by atoms with Gasteiger partial charge < -0.3 is 9.47 Å². The van der Waals surface area contributed by atoms with Crippen molar-refractivity contribution in [3.8, 4) is 39.1 Å². The highest BCUT2D eigenvalue weighted by Crippen LogP contribution is 2.60. The van der Waals surface area contributed by atoms with Crippen LogP contribution in [0.25, 0.3) is 60.9 Å². The fraction of sp³-hybridized carbons (Fsp3) is 0.0625. The Kier molecular flexibility index (Phi) is 8.51. The molecule has 0 fully saturated rings. The Morgan fingerprint density at radius 1 is 0.364 bits per heavy atom. The SMILES string of the molecule is CC1(C)c2cc(N(c3ccccc3-c3ccccc3)c3cccc4c3-c3ccccc3C4(c3ccccc3)c3ccccc3)ccc2-c2ccc(-n3c4ccccc4c4ccccc43)cc21. The minimum Gasteiger partial charge on any atom is -0.309 e. The van der Waals surface area contributed by atoms with E-state index in [1.54, 1.807) is 0 Å². The first-order valence-corrected chi connectivity index (χ1v) is 23.1. The lowest BCUT2D eigenvalue weighted by atomic mass is 9.68. The summed E-state index contributed by atoms with van der Waals surface area (Å²) < 4.78 is 2.44. The van der Waals surface area contributed by atoms with Crippen molar-refractivity contribution in [3.05, 3.63) is 276 Å². The molecule has 11 aromatic rings. The molecule has 0 spiro atoms. The highest BCUT2D eigenvalue weighted by molar-refractivity contribution is 6.09. The molecule has 1 heterocycles. The van der Waals surface area contributed by atoms with Gasteiger partial charge in [-0.1, -0.05) is 208 Å². The lowest BCUT2D eigenvalue weighted by molar-refractivity contribution is 0.660. The van der Waals surface area contributed by atoms with E-state index in [-0.39, 0.29) is 5.41 Å². The molecule has 2 aliphatic rings. The maximum Gasteiger partial charge on any atom is 0.0714 e. The number of aromatic nitrogens is 1. The summed E-state index contributed by atoms with van der Waals surface area (Å²) in [4.78, 5) is 2.55. The van der Waals surface area contributed by atoms with Gasteiger partial charge in [0.2, 0.25) is 0 Å². The minimum atomic E-state index is -0.523. The van der Waals surface area contributed by atoms with Gasteiger partial charge in [-0.05, 0) is 104 Å². The molecule has 66 heavy (non-hydrogen) atoms. The topological polar surface area (TPSA) is 8.17 Å². The second kappa shape index (κ2) is 14.7. The molecule has 0 atom stereocenters. The van der Waals surface area contributed by atoms with Crippen LogP contribution in [0.5, 0.6) is 0 Å². The van der Waals surface area contributed by atoms with E-state index >= 15 is 0 Å². The van der Waals surface area contributed by atoms with Gasteiger partial charge >= 0.3 is 0 Å². The average molecular weight is 843 g/mol. The van der Waals surface area contributed by atoms with Crippen LogP contribution in [0.3, 0.4) is 0 Å². The van der Waals surface area contributed by atoms with Crippen molar-refractivity contribution in [2.45, 2.75) is 24.7 Å². The molecule has 0 amide bonds. The number of nitrogens with zero attached hydrogens (tertiary/aromatic N) is 2. The molecule has 0 radical (unpaired) electrons. The third-order valence-corrected chi connectivity index (χ3v) is 14.7. The van der Waals surface area contributed by atoms with E-state index in [1.807, 2.05) is 0 Å². The van der Waals surface area contributed by atoms with Gasteiger partial charge in [-0.15, -0.1) is 0 Å². The van der Waals surface area contributed by atoms with Crippen molar-refractivity contribution < 1.29 is 0 Å². The summed E-state index contributed by atoms with van der Waals surface area (Å²) in [6.45, 7) is 4.81. The quantitative estimate of drug-likeness (QED) is 0.155. The smallest absolute Gasteiger partial charge is 0.0714 e. The molecule has 1 aromatic heterocycles. The number of hydrogen-bond donors (Lipinski definition) is 0. The molecular weight excluding hydrogens is 797 g/mol. The van der Waals surface area contributed by atoms with Crippen LogP contribution in [0, 0.1) is 0 Å². The van der Waals surface area contributed by atoms with Crippen LogP contribution in [0.15, 0.2) is 243 Å². The number of para-hydroxylation sites is 3. The monoisotopic (exact) mass is 842 g/mol. The molecule has 10 aromatic carbocycles. The Morgan fingerprint density at radius 2 is 0.879 bits per heavy atom. The van der Waals surface area contributed by atoms with Crippen molar-refractivity contribution in [1.29, 1.82) is 0 Å². The van der Waals surface area contributed by atoms with E-state index in [9.17, 15) is 0 Å². The van der Waals surface area contributed by atoms with Crippen LogP contribution in [0.4, 0.5) is 17.1 Å². The van der Waals surface area contributed by atoms with Gasteiger partial charge in [0, 0.05) is 38.7 Å². The second-order valence-corrected chi connectivity index (χ2v) is 18.4. The zero-order valence-electron chi connectivity index (χ0n) is 37.0. The molecule has 2 aliphatic carbocycles. The molecule has 0 N–H and O–H groups in total. The van der Waals surface area contributed by atoms with Crippen molar-refractivity contribution in [1.82, 2.24) is 4.57 Å². The van der Waals surface area contributed by atoms with Crippen LogP contribution in [-0.4, -0.2) is 4.57 Å². The van der Waals surface area contributed by atoms with Crippen molar-refractivity contribution in [2.75, 3.05) is 4.90 Å². The van der Waals surface area contributed by atoms with Crippen LogP contribution < -0.4 is 4.90 Å². The predicted molar refractivity (Wildman–Crippen MR) is 276 cm³/mol. The zero-order valence-corrected chi connectivity index (χ0v) is 37.0. The lowest BCUT2D eigenvalue weighted by Crippen LogP contribution is -2.28. The number of anilines is 3. The highest BCUT2D eigenvalue weighted by atomic mass is 15.1. The summed E-state index contributed by atoms with van der Waals surface area (Å²) in [7, 11) is 0. The van der Waals surface area contributed by atoms with Gasteiger partial charge in [0.05, 0.1) is 27.8 Å². The Bertz CT molecular complexity index is 3580. The average Bonchev–Trinajstić information content (AvgIpc) is 3.96. The third-order valence-electron chi connectivity index (χ3n) is 14.7. The molecule has 312 valence electrons. The number of rotatable bonds is 7. The molecule has 0 bridgehead atoms. The summed E-state index contributed by atoms with van der Waals surface area (Å²) in [5.41, 5.74) is 21.5. The van der Waals surface area contributed by atoms with Gasteiger partial charge in [0.1, 0.15) is 0 Å². The molecule has 13 rings (SSSR count).